The Hall–Kier alpha value is -2.63. The normalized spacial score (nSPS) is 21.0. The second-order valence-corrected chi connectivity index (χ2v) is 7.97. The number of hydrogen-bond donors (Lipinski definition) is 1. The minimum atomic E-state index is -1.08. The Morgan fingerprint density at radius 2 is 1.75 bits per heavy atom. The second-order valence-electron chi connectivity index (χ2n) is 7.97. The molecule has 3 rings (SSSR count). The molecule has 1 heterocycles. The number of carbonyl (C=O) groups is 3. The van der Waals surface area contributed by atoms with Gasteiger partial charge in [-0.25, -0.2) is 0 Å². The van der Waals surface area contributed by atoms with Crippen LogP contribution < -0.4 is 0 Å². The van der Waals surface area contributed by atoms with Crippen LogP contribution in [0.2, 0.25) is 0 Å². The third-order valence-corrected chi connectivity index (χ3v) is 5.57. The molecule has 2 aliphatic rings. The van der Waals surface area contributed by atoms with E-state index in [0.29, 0.717) is 5.70 Å². The molecule has 0 aromatic heterocycles. The summed E-state index contributed by atoms with van der Waals surface area (Å²) in [4.78, 5) is 40.9. The summed E-state index contributed by atoms with van der Waals surface area (Å²) in [6, 6.07) is 8.50. The topological polar surface area (TPSA) is 77.9 Å². The van der Waals surface area contributed by atoms with Gasteiger partial charge >= 0.3 is 5.97 Å². The maximum atomic E-state index is 13.3. The molecule has 2 amide bonds. The lowest BCUT2D eigenvalue weighted by Gasteiger charge is -2.42. The molecule has 1 N–H and O–H groups in total. The van der Waals surface area contributed by atoms with Gasteiger partial charge in [0.2, 0.25) is 5.91 Å². The molecule has 1 fully saturated rings. The van der Waals surface area contributed by atoms with Crippen molar-refractivity contribution in [1.82, 2.24) is 9.80 Å². The molecule has 1 saturated carbocycles. The number of aliphatic carboxylic acids is 1. The van der Waals surface area contributed by atoms with Crippen LogP contribution in [-0.2, 0) is 14.4 Å². The summed E-state index contributed by atoms with van der Waals surface area (Å²) in [6.07, 6.45) is 6.61. The fourth-order valence-electron chi connectivity index (χ4n) is 4.18. The highest BCUT2D eigenvalue weighted by Crippen LogP contribution is 2.33. The van der Waals surface area contributed by atoms with Crippen LogP contribution >= 0.6 is 0 Å². The molecule has 0 saturated heterocycles. The number of carboxylic acid groups (broad SMARTS) is 1. The molecular weight excluding hydrogens is 356 g/mol. The molecule has 150 valence electrons. The summed E-state index contributed by atoms with van der Waals surface area (Å²) in [5.41, 5.74) is 1.19. The van der Waals surface area contributed by atoms with Gasteiger partial charge in [-0.15, -0.1) is 0 Å². The largest absolute Gasteiger partial charge is 0.480 e. The Balaban J connectivity index is 2.05. The number of carboxylic acids is 1. The molecule has 6 nitrogen and oxygen atoms in total. The van der Waals surface area contributed by atoms with E-state index in [2.05, 4.69) is 0 Å². The van der Waals surface area contributed by atoms with E-state index >= 15 is 0 Å². The zero-order chi connectivity index (χ0) is 20.3. The number of amides is 2. The first kappa shape index (κ1) is 20.1. The van der Waals surface area contributed by atoms with Gasteiger partial charge in [0.15, 0.2) is 0 Å². The SMILES string of the molecule is CC(C)[C@H]1C(=O)N(CC(=O)O)C(c2ccccc2)=CN1C(=O)C1CCCCC1. The fourth-order valence-corrected chi connectivity index (χ4v) is 4.18. The highest BCUT2D eigenvalue weighted by molar-refractivity contribution is 5.99. The summed E-state index contributed by atoms with van der Waals surface area (Å²) in [6.45, 7) is 3.36. The van der Waals surface area contributed by atoms with Crippen LogP contribution in [-0.4, -0.2) is 45.3 Å². The first-order valence-corrected chi connectivity index (χ1v) is 10.0. The van der Waals surface area contributed by atoms with E-state index in [1.54, 1.807) is 11.1 Å². The van der Waals surface area contributed by atoms with Gasteiger partial charge in [-0.05, 0) is 24.3 Å². The van der Waals surface area contributed by atoms with E-state index < -0.39 is 18.6 Å². The first-order valence-electron chi connectivity index (χ1n) is 10.0. The molecule has 0 spiro atoms. The minimum absolute atomic E-state index is 0.0184. The lowest BCUT2D eigenvalue weighted by Crippen LogP contribution is -2.56. The lowest BCUT2D eigenvalue weighted by molar-refractivity contribution is -0.150. The van der Waals surface area contributed by atoms with Gasteiger partial charge in [0, 0.05) is 12.1 Å². The van der Waals surface area contributed by atoms with Crippen molar-refractivity contribution in [3.05, 3.63) is 42.1 Å². The zero-order valence-corrected chi connectivity index (χ0v) is 16.5. The van der Waals surface area contributed by atoms with Gasteiger partial charge in [-0.1, -0.05) is 63.4 Å². The lowest BCUT2D eigenvalue weighted by atomic mass is 9.87. The van der Waals surface area contributed by atoms with Gasteiger partial charge in [-0.2, -0.15) is 0 Å². The standard InChI is InChI=1S/C22H28N2O4/c1-15(2)20-22(28)23(14-19(25)26)18(16-9-5-3-6-10-16)13-24(20)21(27)17-11-7-4-8-12-17/h3,5-6,9-10,13,15,17,20H,4,7-8,11-12,14H2,1-2H3,(H,25,26)/t20-/m0/s1. The van der Waals surface area contributed by atoms with Crippen LogP contribution in [0.5, 0.6) is 0 Å². The van der Waals surface area contributed by atoms with Crippen molar-refractivity contribution < 1.29 is 19.5 Å². The maximum absolute atomic E-state index is 13.3. The average Bonchev–Trinajstić information content (AvgIpc) is 2.69. The summed E-state index contributed by atoms with van der Waals surface area (Å²) < 4.78 is 0. The van der Waals surface area contributed by atoms with Crippen molar-refractivity contribution in [2.75, 3.05) is 6.54 Å². The predicted octanol–water partition coefficient (Wildman–Crippen LogP) is 3.35. The van der Waals surface area contributed by atoms with Crippen LogP contribution in [0.1, 0.15) is 51.5 Å². The summed E-state index contributed by atoms with van der Waals surface area (Å²) in [7, 11) is 0. The number of rotatable bonds is 5. The van der Waals surface area contributed by atoms with Crippen LogP contribution in [0.3, 0.4) is 0 Å². The van der Waals surface area contributed by atoms with Crippen molar-refractivity contribution in [2.45, 2.75) is 52.0 Å². The Morgan fingerprint density at radius 3 is 2.32 bits per heavy atom. The Morgan fingerprint density at radius 1 is 1.11 bits per heavy atom. The molecule has 6 heteroatoms. The average molecular weight is 384 g/mol. The Labute approximate surface area is 165 Å². The summed E-state index contributed by atoms with van der Waals surface area (Å²) >= 11 is 0. The Bertz CT molecular complexity index is 766. The molecule has 0 unspecified atom stereocenters. The highest BCUT2D eigenvalue weighted by Gasteiger charge is 2.42. The maximum Gasteiger partial charge on any atom is 0.323 e. The molecule has 0 radical (unpaired) electrons. The van der Waals surface area contributed by atoms with Crippen LogP contribution in [0.15, 0.2) is 36.5 Å². The second kappa shape index (κ2) is 8.59. The quantitative estimate of drug-likeness (QED) is 0.844. The van der Waals surface area contributed by atoms with E-state index in [1.165, 1.54) is 4.90 Å². The van der Waals surface area contributed by atoms with Crippen molar-refractivity contribution in [3.8, 4) is 0 Å². The molecule has 0 bridgehead atoms. The van der Waals surface area contributed by atoms with Crippen LogP contribution in [0, 0.1) is 11.8 Å². The van der Waals surface area contributed by atoms with E-state index in [9.17, 15) is 19.5 Å². The van der Waals surface area contributed by atoms with E-state index in [0.717, 1.165) is 37.7 Å². The third-order valence-electron chi connectivity index (χ3n) is 5.57. The molecule has 28 heavy (non-hydrogen) atoms. The van der Waals surface area contributed by atoms with Crippen molar-refractivity contribution >= 4 is 23.5 Å². The Kier molecular flexibility index (Phi) is 6.17. The molecular formula is C22H28N2O4. The first-order chi connectivity index (χ1) is 13.4. The zero-order valence-electron chi connectivity index (χ0n) is 16.5. The molecule has 1 atom stereocenters. The highest BCUT2D eigenvalue weighted by atomic mass is 16.4. The van der Waals surface area contributed by atoms with Gasteiger partial charge in [-0.3, -0.25) is 19.3 Å². The smallest absolute Gasteiger partial charge is 0.323 e. The van der Waals surface area contributed by atoms with E-state index in [-0.39, 0.29) is 23.7 Å². The summed E-state index contributed by atoms with van der Waals surface area (Å²) in [5, 5.41) is 9.35. The molecule has 1 aliphatic carbocycles. The number of hydrogen-bond acceptors (Lipinski definition) is 3. The fraction of sp³-hybridized carbons (Fsp3) is 0.500. The predicted molar refractivity (Wildman–Crippen MR) is 106 cm³/mol. The number of nitrogens with zero attached hydrogens (tertiary/aromatic N) is 2. The molecule has 1 aliphatic heterocycles. The molecule has 1 aromatic carbocycles. The van der Waals surface area contributed by atoms with Gasteiger partial charge in [0.05, 0.1) is 5.70 Å². The van der Waals surface area contributed by atoms with E-state index in [1.807, 2.05) is 44.2 Å². The minimum Gasteiger partial charge on any atom is -0.480 e. The van der Waals surface area contributed by atoms with Crippen molar-refractivity contribution in [2.24, 2.45) is 11.8 Å². The third kappa shape index (κ3) is 4.11. The molecule has 1 aromatic rings. The van der Waals surface area contributed by atoms with Crippen molar-refractivity contribution in [3.63, 3.8) is 0 Å². The van der Waals surface area contributed by atoms with Crippen LogP contribution in [0.4, 0.5) is 0 Å². The van der Waals surface area contributed by atoms with Crippen LogP contribution in [0.25, 0.3) is 5.70 Å². The van der Waals surface area contributed by atoms with Crippen molar-refractivity contribution in [1.29, 1.82) is 0 Å². The van der Waals surface area contributed by atoms with Gasteiger partial charge in [0.1, 0.15) is 12.6 Å². The van der Waals surface area contributed by atoms with Gasteiger partial charge < -0.3 is 10.0 Å². The summed E-state index contributed by atoms with van der Waals surface area (Å²) in [5.74, 6) is -1.62. The number of carbonyl (C=O) groups excluding carboxylic acids is 2. The van der Waals surface area contributed by atoms with Gasteiger partial charge in [0.25, 0.3) is 5.91 Å². The monoisotopic (exact) mass is 384 g/mol. The van der Waals surface area contributed by atoms with E-state index in [4.69, 9.17) is 0 Å². The number of benzene rings is 1.